The monoisotopic (exact) mass is 916 g/mol. The van der Waals surface area contributed by atoms with Crippen molar-refractivity contribution in [3.05, 3.63) is 36.5 Å². The zero-order chi connectivity index (χ0) is 47.4. The van der Waals surface area contributed by atoms with Gasteiger partial charge in [-0.05, 0) is 64.2 Å². The van der Waals surface area contributed by atoms with Crippen LogP contribution in [-0.4, -0.2) is 57.3 Å². The Labute approximate surface area is 405 Å². The lowest BCUT2D eigenvalue weighted by atomic mass is 10.00. The van der Waals surface area contributed by atoms with Crippen LogP contribution in [0.1, 0.15) is 303 Å². The lowest BCUT2D eigenvalue weighted by Crippen LogP contribution is -2.53. The zero-order valence-electron chi connectivity index (χ0n) is 43.5. The van der Waals surface area contributed by atoms with Crippen LogP contribution in [0.25, 0.3) is 0 Å². The Morgan fingerprint density at radius 1 is 0.369 bits per heavy atom. The van der Waals surface area contributed by atoms with Gasteiger partial charge >= 0.3 is 0 Å². The van der Waals surface area contributed by atoms with Crippen LogP contribution >= 0.6 is 0 Å². The quantitative estimate of drug-likeness (QED) is 0.0308. The summed E-state index contributed by atoms with van der Waals surface area (Å²) in [6.45, 7) is 4.05. The molecule has 0 rings (SSSR count). The van der Waals surface area contributed by atoms with Crippen molar-refractivity contribution in [2.75, 3.05) is 6.61 Å². The van der Waals surface area contributed by atoms with Crippen LogP contribution in [0.15, 0.2) is 36.5 Å². The van der Waals surface area contributed by atoms with Crippen LogP contribution < -0.4 is 5.32 Å². The fourth-order valence-corrected chi connectivity index (χ4v) is 9.03. The lowest BCUT2D eigenvalue weighted by molar-refractivity contribution is -0.132. The topological polar surface area (TPSA) is 110 Å². The van der Waals surface area contributed by atoms with Crippen molar-refractivity contribution < 1.29 is 25.2 Å². The molecule has 0 aromatic heterocycles. The van der Waals surface area contributed by atoms with Crippen molar-refractivity contribution in [2.24, 2.45) is 0 Å². The van der Waals surface area contributed by atoms with Crippen molar-refractivity contribution in [3.63, 3.8) is 0 Å². The molecule has 1 amide bonds. The average Bonchev–Trinajstić information content (AvgIpc) is 3.31. The average molecular weight is 917 g/mol. The number of allylic oxidation sites excluding steroid dienone is 6. The third-order valence-electron chi connectivity index (χ3n) is 13.6. The molecule has 4 unspecified atom stereocenters. The summed E-state index contributed by atoms with van der Waals surface area (Å²) < 4.78 is 0. The maximum Gasteiger partial charge on any atom is 0.249 e. The Hall–Kier alpha value is -1.47. The van der Waals surface area contributed by atoms with Crippen LogP contribution in [0, 0.1) is 0 Å². The van der Waals surface area contributed by atoms with Gasteiger partial charge in [-0.15, -0.1) is 0 Å². The molecule has 6 heteroatoms. The van der Waals surface area contributed by atoms with E-state index in [1.165, 1.54) is 218 Å². The van der Waals surface area contributed by atoms with E-state index in [4.69, 9.17) is 0 Å². The van der Waals surface area contributed by atoms with Crippen molar-refractivity contribution in [1.82, 2.24) is 5.32 Å². The highest BCUT2D eigenvalue weighted by atomic mass is 16.3. The minimum Gasteiger partial charge on any atom is -0.394 e. The Morgan fingerprint density at radius 3 is 0.969 bits per heavy atom. The van der Waals surface area contributed by atoms with Gasteiger partial charge in [0.2, 0.25) is 5.91 Å². The van der Waals surface area contributed by atoms with Crippen LogP contribution in [-0.2, 0) is 4.79 Å². The summed E-state index contributed by atoms with van der Waals surface area (Å²) in [7, 11) is 0. The van der Waals surface area contributed by atoms with Crippen LogP contribution in [0.5, 0.6) is 0 Å². The van der Waals surface area contributed by atoms with Gasteiger partial charge in [-0.2, -0.15) is 0 Å². The largest absolute Gasteiger partial charge is 0.394 e. The van der Waals surface area contributed by atoms with Crippen LogP contribution in [0.3, 0.4) is 0 Å². The van der Waals surface area contributed by atoms with Gasteiger partial charge in [0.1, 0.15) is 12.2 Å². The lowest BCUT2D eigenvalue weighted by Gasteiger charge is -2.27. The number of nitrogens with one attached hydrogen (secondary N) is 1. The smallest absolute Gasteiger partial charge is 0.249 e. The summed E-state index contributed by atoms with van der Waals surface area (Å²) in [6, 6.07) is -1.01. The molecule has 0 aliphatic carbocycles. The molecule has 0 aliphatic rings. The summed E-state index contributed by atoms with van der Waals surface area (Å²) >= 11 is 0. The summed E-state index contributed by atoms with van der Waals surface area (Å²) in [5, 5.41) is 43.9. The molecule has 0 aromatic rings. The van der Waals surface area contributed by atoms with E-state index in [2.05, 4.69) is 55.6 Å². The fraction of sp³-hybridized carbons (Fsp3) is 0.881. The molecule has 5 N–H and O–H groups in total. The van der Waals surface area contributed by atoms with Gasteiger partial charge in [-0.3, -0.25) is 4.79 Å². The molecule has 384 valence electrons. The van der Waals surface area contributed by atoms with E-state index in [1.54, 1.807) is 0 Å². The maximum atomic E-state index is 12.6. The number of hydrogen-bond donors (Lipinski definition) is 5. The van der Waals surface area contributed by atoms with Gasteiger partial charge in [0, 0.05) is 0 Å². The molecule has 4 atom stereocenters. The van der Waals surface area contributed by atoms with Crippen molar-refractivity contribution in [3.8, 4) is 0 Å². The Morgan fingerprint density at radius 2 is 0.646 bits per heavy atom. The number of aliphatic hydroxyl groups excluding tert-OH is 4. The number of aliphatic hydroxyl groups is 4. The third kappa shape index (κ3) is 47.4. The van der Waals surface area contributed by atoms with E-state index in [1.807, 2.05) is 0 Å². The molecule has 0 fully saturated rings. The number of unbranched alkanes of at least 4 members (excludes halogenated alkanes) is 38. The van der Waals surface area contributed by atoms with Gasteiger partial charge in [0.15, 0.2) is 0 Å². The molecule has 0 saturated carbocycles. The molecule has 0 saturated heterocycles. The molecule has 0 aromatic carbocycles. The molecule has 6 nitrogen and oxygen atoms in total. The second-order valence-electron chi connectivity index (χ2n) is 20.0. The maximum absolute atomic E-state index is 12.6. The standard InChI is InChI=1S/C59H113NO5/c1-3-5-7-9-11-13-15-17-19-21-23-24-25-26-27-28-29-30-31-32-33-34-35-37-39-41-43-45-47-49-51-53-57(63)59(65)60-55(54-61)58(64)56(62)52-50-48-46-44-42-40-38-36-22-20-18-16-14-12-10-8-6-4-2/h16,18,36,38,44,46,55-58,61-64H,3-15,17,19-35,37,39-43,45,47-54H2,1-2H3,(H,60,65)/b18-16+,38-36+,46-44+. The van der Waals surface area contributed by atoms with Crippen LogP contribution in [0.4, 0.5) is 0 Å². The number of carbonyl (C=O) groups excluding carboxylic acids is 1. The fourth-order valence-electron chi connectivity index (χ4n) is 9.03. The molecular weight excluding hydrogens is 803 g/mol. The number of hydrogen-bond acceptors (Lipinski definition) is 5. The predicted octanol–water partition coefficient (Wildman–Crippen LogP) is 16.8. The first kappa shape index (κ1) is 63.5. The molecular formula is C59H113NO5. The minimum atomic E-state index is -1.29. The SMILES string of the molecule is CCCCCCC/C=C/CC/C=C/CC/C=C/CCCC(O)C(O)C(CO)NC(=O)C(O)CCCCCCCCCCCCCCCCCCCCCCCCCCCCCCCCC. The van der Waals surface area contributed by atoms with Crippen molar-refractivity contribution >= 4 is 5.91 Å². The molecule has 0 radical (unpaired) electrons. The second-order valence-corrected chi connectivity index (χ2v) is 20.0. The first-order chi connectivity index (χ1) is 32.0. The van der Waals surface area contributed by atoms with Gasteiger partial charge in [-0.25, -0.2) is 0 Å². The Bertz CT molecular complexity index is 1030. The van der Waals surface area contributed by atoms with E-state index in [0.29, 0.717) is 19.3 Å². The number of carbonyl (C=O) groups is 1. The number of amides is 1. The molecule has 0 bridgehead atoms. The predicted molar refractivity (Wildman–Crippen MR) is 284 cm³/mol. The van der Waals surface area contributed by atoms with Gasteiger partial charge in [-0.1, -0.05) is 275 Å². The van der Waals surface area contributed by atoms with Gasteiger partial charge in [0.25, 0.3) is 0 Å². The summed E-state index contributed by atoms with van der Waals surface area (Å²) in [5.74, 6) is -0.595. The van der Waals surface area contributed by atoms with Gasteiger partial charge < -0.3 is 25.7 Å². The first-order valence-electron chi connectivity index (χ1n) is 28.9. The summed E-state index contributed by atoms with van der Waals surface area (Å²) in [4.78, 5) is 12.6. The highest BCUT2D eigenvalue weighted by molar-refractivity contribution is 5.80. The van der Waals surface area contributed by atoms with E-state index < -0.39 is 36.9 Å². The molecule has 65 heavy (non-hydrogen) atoms. The van der Waals surface area contributed by atoms with E-state index in [0.717, 1.165) is 51.4 Å². The minimum absolute atomic E-state index is 0.362. The number of rotatable bonds is 53. The molecule has 0 spiro atoms. The second kappa shape index (κ2) is 53.5. The molecule has 0 heterocycles. The third-order valence-corrected chi connectivity index (χ3v) is 13.6. The van der Waals surface area contributed by atoms with Gasteiger partial charge in [0.05, 0.1) is 18.8 Å². The summed E-state index contributed by atoms with van der Waals surface area (Å²) in [6.07, 6.45) is 66.6. The Balaban J connectivity index is 3.61. The normalized spacial score (nSPS) is 14.0. The first-order valence-corrected chi connectivity index (χ1v) is 28.9. The van der Waals surface area contributed by atoms with Crippen molar-refractivity contribution in [2.45, 2.75) is 327 Å². The zero-order valence-corrected chi connectivity index (χ0v) is 43.5. The Kier molecular flexibility index (Phi) is 52.3. The van der Waals surface area contributed by atoms with E-state index in [-0.39, 0.29) is 0 Å². The summed E-state index contributed by atoms with van der Waals surface area (Å²) in [5.41, 5.74) is 0. The van der Waals surface area contributed by atoms with Crippen LogP contribution in [0.2, 0.25) is 0 Å². The van der Waals surface area contributed by atoms with Crippen molar-refractivity contribution in [1.29, 1.82) is 0 Å². The highest BCUT2D eigenvalue weighted by Crippen LogP contribution is 2.18. The highest BCUT2D eigenvalue weighted by Gasteiger charge is 2.28. The van der Waals surface area contributed by atoms with E-state index >= 15 is 0 Å². The molecule has 0 aliphatic heterocycles. The van der Waals surface area contributed by atoms with E-state index in [9.17, 15) is 25.2 Å².